The Bertz CT molecular complexity index is 522. The normalized spacial score (nSPS) is 16.8. The molecule has 1 aliphatic rings. The van der Waals surface area contributed by atoms with Gasteiger partial charge in [0, 0.05) is 32.7 Å². The maximum absolute atomic E-state index is 3.52. The minimum absolute atomic E-state index is 0.353. The quantitative estimate of drug-likeness (QED) is 0.883. The third kappa shape index (κ3) is 4.20. The van der Waals surface area contributed by atoms with E-state index in [2.05, 4.69) is 82.9 Å². The van der Waals surface area contributed by atoms with Crippen LogP contribution in [0, 0.1) is 0 Å². The summed E-state index contributed by atoms with van der Waals surface area (Å²) in [5.41, 5.74) is 6.28. The predicted octanol–water partition coefficient (Wildman–Crippen LogP) is 3.31. The fraction of sp³-hybridized carbons (Fsp3) is 0.400. The molecule has 3 rings (SSSR count). The number of benzene rings is 2. The van der Waals surface area contributed by atoms with Crippen LogP contribution in [0.15, 0.2) is 60.7 Å². The van der Waals surface area contributed by atoms with Gasteiger partial charge in [0.1, 0.15) is 0 Å². The van der Waals surface area contributed by atoms with Crippen LogP contribution in [0.25, 0.3) is 0 Å². The van der Waals surface area contributed by atoms with Crippen LogP contribution in [0.4, 0.5) is 0 Å². The average Bonchev–Trinajstić information content (AvgIpc) is 2.63. The van der Waals surface area contributed by atoms with E-state index in [1.807, 2.05) is 0 Å². The van der Waals surface area contributed by atoms with Gasteiger partial charge in [0.25, 0.3) is 0 Å². The first-order chi connectivity index (χ1) is 11.4. The molecule has 0 radical (unpaired) electrons. The fourth-order valence-electron chi connectivity index (χ4n) is 3.29. The summed E-state index contributed by atoms with van der Waals surface area (Å²) in [6, 6.07) is 22.1. The van der Waals surface area contributed by atoms with Crippen LogP contribution in [0.1, 0.15) is 30.5 Å². The summed E-state index contributed by atoms with van der Waals surface area (Å²) in [7, 11) is 0. The molecule has 1 N–H and O–H groups in total. The van der Waals surface area contributed by atoms with Gasteiger partial charge in [0.2, 0.25) is 0 Å². The van der Waals surface area contributed by atoms with Crippen molar-refractivity contribution in [2.75, 3.05) is 32.7 Å². The molecule has 0 unspecified atom stereocenters. The molecule has 0 amide bonds. The number of hydrogen-bond donors (Lipinski definition) is 1. The zero-order chi connectivity index (χ0) is 15.9. The Hall–Kier alpha value is -1.68. The molecule has 2 aromatic rings. The molecule has 2 aromatic carbocycles. The molecule has 0 spiro atoms. The average molecular weight is 309 g/mol. The first kappa shape index (κ1) is 16.2. The molecule has 3 nitrogen and oxygen atoms in total. The monoisotopic (exact) mass is 309 g/mol. The van der Waals surface area contributed by atoms with Crippen molar-refractivity contribution < 1.29 is 0 Å². The molecule has 1 saturated heterocycles. The van der Waals surface area contributed by atoms with E-state index >= 15 is 0 Å². The van der Waals surface area contributed by atoms with Gasteiger partial charge in [-0.1, -0.05) is 67.6 Å². The fourth-order valence-corrected chi connectivity index (χ4v) is 3.29. The largest absolute Gasteiger partial charge is 0.290 e. The SMILES string of the molecule is CCCNN1CCN(C(c2ccccc2)c2ccccc2)CC1. The molecule has 0 aromatic heterocycles. The zero-order valence-electron chi connectivity index (χ0n) is 14.0. The van der Waals surface area contributed by atoms with Crippen molar-refractivity contribution in [1.82, 2.24) is 15.3 Å². The van der Waals surface area contributed by atoms with E-state index in [9.17, 15) is 0 Å². The van der Waals surface area contributed by atoms with Crippen molar-refractivity contribution in [1.29, 1.82) is 0 Å². The molecule has 3 heteroatoms. The standard InChI is InChI=1S/C20H27N3/c1-2-13-21-23-16-14-22(15-17-23)20(18-9-5-3-6-10-18)19-11-7-4-8-12-19/h3-12,20-21H,2,13-17H2,1H3. The molecular formula is C20H27N3. The van der Waals surface area contributed by atoms with Crippen LogP contribution in [0.2, 0.25) is 0 Å². The van der Waals surface area contributed by atoms with Gasteiger partial charge in [0.15, 0.2) is 0 Å². The van der Waals surface area contributed by atoms with Crippen LogP contribution >= 0.6 is 0 Å². The summed E-state index contributed by atoms with van der Waals surface area (Å²) >= 11 is 0. The summed E-state index contributed by atoms with van der Waals surface area (Å²) in [5, 5.41) is 2.37. The Kier molecular flexibility index (Phi) is 5.81. The number of nitrogens with one attached hydrogen (secondary N) is 1. The molecule has 1 aliphatic heterocycles. The summed E-state index contributed by atoms with van der Waals surface area (Å²) in [5.74, 6) is 0. The number of piperazine rings is 1. The Morgan fingerprint density at radius 1 is 0.826 bits per heavy atom. The number of hydrogen-bond acceptors (Lipinski definition) is 3. The minimum atomic E-state index is 0.353. The lowest BCUT2D eigenvalue weighted by atomic mass is 9.96. The third-order valence-corrected chi connectivity index (χ3v) is 4.50. The van der Waals surface area contributed by atoms with Crippen LogP contribution in [-0.4, -0.2) is 42.6 Å². The second-order valence-corrected chi connectivity index (χ2v) is 6.16. The summed E-state index contributed by atoms with van der Waals surface area (Å²) < 4.78 is 0. The van der Waals surface area contributed by atoms with E-state index in [1.165, 1.54) is 17.5 Å². The van der Waals surface area contributed by atoms with Gasteiger partial charge in [-0.15, -0.1) is 0 Å². The summed E-state index contributed by atoms with van der Waals surface area (Å²) in [6.45, 7) is 7.62. The van der Waals surface area contributed by atoms with Crippen LogP contribution in [-0.2, 0) is 0 Å². The van der Waals surface area contributed by atoms with Gasteiger partial charge < -0.3 is 0 Å². The first-order valence-corrected chi connectivity index (χ1v) is 8.71. The van der Waals surface area contributed by atoms with E-state index in [0.717, 1.165) is 32.7 Å². The van der Waals surface area contributed by atoms with Crippen molar-refractivity contribution in [3.63, 3.8) is 0 Å². The van der Waals surface area contributed by atoms with Gasteiger partial charge in [-0.2, -0.15) is 0 Å². The second kappa shape index (κ2) is 8.25. The number of rotatable bonds is 6. The van der Waals surface area contributed by atoms with Gasteiger partial charge in [-0.3, -0.25) is 10.3 Å². The van der Waals surface area contributed by atoms with Crippen LogP contribution < -0.4 is 5.43 Å². The van der Waals surface area contributed by atoms with Crippen molar-refractivity contribution in [2.45, 2.75) is 19.4 Å². The van der Waals surface area contributed by atoms with E-state index in [-0.39, 0.29) is 0 Å². The highest BCUT2D eigenvalue weighted by Gasteiger charge is 2.25. The van der Waals surface area contributed by atoms with E-state index in [0.29, 0.717) is 6.04 Å². The Morgan fingerprint density at radius 3 is 1.83 bits per heavy atom. The highest BCUT2D eigenvalue weighted by molar-refractivity contribution is 5.31. The predicted molar refractivity (Wildman–Crippen MR) is 96.2 cm³/mol. The number of nitrogens with zero attached hydrogens (tertiary/aromatic N) is 2. The van der Waals surface area contributed by atoms with Crippen molar-refractivity contribution >= 4 is 0 Å². The number of hydrazine groups is 1. The third-order valence-electron chi connectivity index (χ3n) is 4.50. The maximum Gasteiger partial charge on any atom is 0.0602 e. The van der Waals surface area contributed by atoms with E-state index in [1.54, 1.807) is 0 Å². The smallest absolute Gasteiger partial charge is 0.0602 e. The second-order valence-electron chi connectivity index (χ2n) is 6.16. The van der Waals surface area contributed by atoms with Gasteiger partial charge >= 0.3 is 0 Å². The Morgan fingerprint density at radius 2 is 1.35 bits per heavy atom. The van der Waals surface area contributed by atoms with Crippen LogP contribution in [0.5, 0.6) is 0 Å². The Balaban J connectivity index is 1.75. The van der Waals surface area contributed by atoms with E-state index < -0.39 is 0 Å². The maximum atomic E-state index is 3.52. The van der Waals surface area contributed by atoms with Crippen LogP contribution in [0.3, 0.4) is 0 Å². The Labute approximate surface area is 139 Å². The summed E-state index contributed by atoms with van der Waals surface area (Å²) in [4.78, 5) is 2.61. The van der Waals surface area contributed by atoms with Crippen molar-refractivity contribution in [2.24, 2.45) is 0 Å². The molecule has 0 saturated carbocycles. The molecule has 0 atom stereocenters. The van der Waals surface area contributed by atoms with Gasteiger partial charge in [-0.05, 0) is 17.5 Å². The van der Waals surface area contributed by atoms with Crippen molar-refractivity contribution in [3.8, 4) is 0 Å². The molecule has 122 valence electrons. The highest BCUT2D eigenvalue weighted by atomic mass is 15.5. The van der Waals surface area contributed by atoms with Gasteiger partial charge in [-0.25, -0.2) is 5.01 Å². The lowest BCUT2D eigenvalue weighted by molar-refractivity contribution is 0.0732. The lowest BCUT2D eigenvalue weighted by Gasteiger charge is -2.39. The summed E-state index contributed by atoms with van der Waals surface area (Å²) in [6.07, 6.45) is 1.18. The zero-order valence-corrected chi connectivity index (χ0v) is 14.0. The van der Waals surface area contributed by atoms with E-state index in [4.69, 9.17) is 0 Å². The highest BCUT2D eigenvalue weighted by Crippen LogP contribution is 2.29. The minimum Gasteiger partial charge on any atom is -0.290 e. The molecule has 0 aliphatic carbocycles. The molecular weight excluding hydrogens is 282 g/mol. The molecule has 0 bridgehead atoms. The molecule has 1 fully saturated rings. The first-order valence-electron chi connectivity index (χ1n) is 8.71. The van der Waals surface area contributed by atoms with Gasteiger partial charge in [0.05, 0.1) is 6.04 Å². The molecule has 23 heavy (non-hydrogen) atoms. The lowest BCUT2D eigenvalue weighted by Crippen LogP contribution is -2.52. The molecule has 1 heterocycles. The van der Waals surface area contributed by atoms with Crippen molar-refractivity contribution in [3.05, 3.63) is 71.8 Å². The topological polar surface area (TPSA) is 18.5 Å².